The normalized spacial score (nSPS) is 11.2. The van der Waals surface area contributed by atoms with Gasteiger partial charge in [0.05, 0.1) is 12.7 Å². The van der Waals surface area contributed by atoms with Gasteiger partial charge in [-0.2, -0.15) is 13.2 Å². The first kappa shape index (κ1) is 27.4. The average molecular weight is 539 g/mol. The molecule has 0 radical (unpaired) electrons. The highest BCUT2D eigenvalue weighted by molar-refractivity contribution is 5.76. The lowest BCUT2D eigenvalue weighted by Crippen LogP contribution is -2.25. The van der Waals surface area contributed by atoms with Gasteiger partial charge in [0, 0.05) is 24.9 Å². The second-order valence-electron chi connectivity index (χ2n) is 8.56. The number of aromatic amines is 1. The Labute approximate surface area is 221 Å². The first-order valence-corrected chi connectivity index (χ1v) is 12.0. The zero-order valence-corrected chi connectivity index (χ0v) is 20.9. The largest absolute Gasteiger partial charge is 0.493 e. The maximum Gasteiger partial charge on any atom is 0.416 e. The number of hydrogen-bond acceptors (Lipinski definition) is 6. The Morgan fingerprint density at radius 1 is 0.949 bits per heavy atom. The van der Waals surface area contributed by atoms with Gasteiger partial charge in [0.25, 0.3) is 5.56 Å². The molecule has 0 bridgehead atoms. The molecule has 8 nitrogen and oxygen atoms in total. The highest BCUT2D eigenvalue weighted by Gasteiger charge is 2.30. The van der Waals surface area contributed by atoms with Crippen molar-refractivity contribution in [2.75, 3.05) is 7.11 Å². The van der Waals surface area contributed by atoms with Crippen LogP contribution in [0.4, 0.5) is 13.2 Å². The van der Waals surface area contributed by atoms with Crippen LogP contribution in [0.3, 0.4) is 0 Å². The third-order valence-corrected chi connectivity index (χ3v) is 5.77. The SMILES string of the molecule is COc1cc(-c2nnc(CCC(=O)NCc3cccc(C(F)(F)F)c3)c(=O)[nH]2)ccc1OCc1ccccc1. The number of hydrogen-bond donors (Lipinski definition) is 2. The molecular formula is C28H25F3N4O4. The Balaban J connectivity index is 1.34. The number of ether oxygens (including phenoxy) is 2. The van der Waals surface area contributed by atoms with E-state index in [0.29, 0.717) is 29.2 Å². The summed E-state index contributed by atoms with van der Waals surface area (Å²) in [5.74, 6) is 0.750. The molecule has 0 aliphatic rings. The quantitative estimate of drug-likeness (QED) is 0.304. The minimum Gasteiger partial charge on any atom is -0.493 e. The van der Waals surface area contributed by atoms with Gasteiger partial charge in [-0.1, -0.05) is 42.5 Å². The fourth-order valence-corrected chi connectivity index (χ4v) is 3.70. The van der Waals surface area contributed by atoms with Gasteiger partial charge in [-0.3, -0.25) is 9.59 Å². The molecule has 4 aromatic rings. The summed E-state index contributed by atoms with van der Waals surface area (Å²) in [7, 11) is 1.50. The number of H-pyrrole nitrogens is 1. The van der Waals surface area contributed by atoms with Crippen molar-refractivity contribution < 1.29 is 27.4 Å². The Kier molecular flexibility index (Phi) is 8.60. The van der Waals surface area contributed by atoms with Gasteiger partial charge in [0.15, 0.2) is 17.3 Å². The molecule has 0 fully saturated rings. The van der Waals surface area contributed by atoms with Crippen LogP contribution in [0, 0.1) is 0 Å². The maximum atomic E-state index is 12.9. The van der Waals surface area contributed by atoms with E-state index in [1.807, 2.05) is 30.3 Å². The number of aromatic nitrogens is 3. The van der Waals surface area contributed by atoms with Crippen LogP contribution >= 0.6 is 0 Å². The Hall–Kier alpha value is -4.67. The lowest BCUT2D eigenvalue weighted by Gasteiger charge is -2.12. The van der Waals surface area contributed by atoms with E-state index in [0.717, 1.165) is 17.7 Å². The van der Waals surface area contributed by atoms with Crippen molar-refractivity contribution in [2.45, 2.75) is 32.2 Å². The number of alkyl halides is 3. The molecule has 39 heavy (non-hydrogen) atoms. The van der Waals surface area contributed by atoms with E-state index in [1.54, 1.807) is 18.2 Å². The highest BCUT2D eigenvalue weighted by atomic mass is 19.4. The Bertz CT molecular complexity index is 1490. The second-order valence-corrected chi connectivity index (χ2v) is 8.56. The van der Waals surface area contributed by atoms with Crippen LogP contribution in [0.25, 0.3) is 11.4 Å². The van der Waals surface area contributed by atoms with Gasteiger partial charge in [-0.15, -0.1) is 10.2 Å². The summed E-state index contributed by atoms with van der Waals surface area (Å²) in [6.07, 6.45) is -4.54. The fourth-order valence-electron chi connectivity index (χ4n) is 3.70. The smallest absolute Gasteiger partial charge is 0.416 e. The van der Waals surface area contributed by atoms with Gasteiger partial charge in [-0.05, 0) is 41.5 Å². The number of carbonyl (C=O) groups excluding carboxylic acids is 1. The average Bonchev–Trinajstić information content (AvgIpc) is 2.94. The number of amides is 1. The Morgan fingerprint density at radius 2 is 1.72 bits per heavy atom. The van der Waals surface area contributed by atoms with E-state index in [9.17, 15) is 22.8 Å². The van der Waals surface area contributed by atoms with Crippen molar-refractivity contribution in [3.8, 4) is 22.9 Å². The molecule has 0 atom stereocenters. The lowest BCUT2D eigenvalue weighted by atomic mass is 10.1. The van der Waals surface area contributed by atoms with Crippen molar-refractivity contribution in [1.29, 1.82) is 0 Å². The number of carbonyl (C=O) groups is 1. The van der Waals surface area contributed by atoms with Crippen molar-refractivity contribution >= 4 is 5.91 Å². The van der Waals surface area contributed by atoms with Gasteiger partial charge >= 0.3 is 6.18 Å². The molecule has 11 heteroatoms. The van der Waals surface area contributed by atoms with Crippen molar-refractivity contribution in [3.63, 3.8) is 0 Å². The van der Waals surface area contributed by atoms with E-state index in [4.69, 9.17) is 9.47 Å². The molecule has 0 spiro atoms. The molecule has 1 heterocycles. The molecule has 1 amide bonds. The second kappa shape index (κ2) is 12.2. The van der Waals surface area contributed by atoms with E-state index in [1.165, 1.54) is 19.2 Å². The Morgan fingerprint density at radius 3 is 2.44 bits per heavy atom. The third-order valence-electron chi connectivity index (χ3n) is 5.77. The molecule has 0 saturated carbocycles. The zero-order chi connectivity index (χ0) is 27.8. The zero-order valence-electron chi connectivity index (χ0n) is 20.9. The first-order valence-electron chi connectivity index (χ1n) is 12.0. The summed E-state index contributed by atoms with van der Waals surface area (Å²) in [6, 6.07) is 19.5. The van der Waals surface area contributed by atoms with Crippen LogP contribution < -0.4 is 20.3 Å². The van der Waals surface area contributed by atoms with E-state index >= 15 is 0 Å². The number of benzene rings is 3. The van der Waals surface area contributed by atoms with Crippen LogP contribution in [-0.2, 0) is 30.5 Å². The summed E-state index contributed by atoms with van der Waals surface area (Å²) in [5, 5.41) is 10.6. The number of nitrogens with one attached hydrogen (secondary N) is 2. The molecule has 2 N–H and O–H groups in total. The predicted molar refractivity (Wildman–Crippen MR) is 137 cm³/mol. The molecule has 1 aromatic heterocycles. The summed E-state index contributed by atoms with van der Waals surface area (Å²) in [6.45, 7) is 0.284. The predicted octanol–water partition coefficient (Wildman–Crippen LogP) is 4.69. The molecule has 0 unspecified atom stereocenters. The van der Waals surface area contributed by atoms with Crippen LogP contribution in [-0.4, -0.2) is 28.2 Å². The van der Waals surface area contributed by atoms with Crippen molar-refractivity contribution in [3.05, 3.63) is 106 Å². The first-order chi connectivity index (χ1) is 18.7. The maximum absolute atomic E-state index is 12.9. The molecule has 202 valence electrons. The van der Waals surface area contributed by atoms with E-state index in [-0.39, 0.29) is 30.9 Å². The minimum atomic E-state index is -4.46. The van der Waals surface area contributed by atoms with Crippen LogP contribution in [0.2, 0.25) is 0 Å². The lowest BCUT2D eigenvalue weighted by molar-refractivity contribution is -0.137. The van der Waals surface area contributed by atoms with Crippen LogP contribution in [0.5, 0.6) is 11.5 Å². The van der Waals surface area contributed by atoms with Crippen LogP contribution in [0.15, 0.2) is 77.6 Å². The number of methoxy groups -OCH3 is 1. The van der Waals surface area contributed by atoms with Gasteiger partial charge in [0.2, 0.25) is 5.91 Å². The summed E-state index contributed by atoms with van der Waals surface area (Å²) >= 11 is 0. The minimum absolute atomic E-state index is 0.00657. The molecule has 3 aromatic carbocycles. The molecule has 0 saturated heterocycles. The van der Waals surface area contributed by atoms with Crippen molar-refractivity contribution in [1.82, 2.24) is 20.5 Å². The summed E-state index contributed by atoms with van der Waals surface area (Å²) < 4.78 is 49.8. The summed E-state index contributed by atoms with van der Waals surface area (Å²) in [4.78, 5) is 27.4. The molecular weight excluding hydrogens is 513 g/mol. The van der Waals surface area contributed by atoms with E-state index in [2.05, 4.69) is 20.5 Å². The van der Waals surface area contributed by atoms with E-state index < -0.39 is 23.2 Å². The molecule has 0 aliphatic carbocycles. The standard InChI is InChI=1S/C28H25F3N4O4/c1-38-24-15-20(10-12-23(24)39-17-18-6-3-2-4-7-18)26-33-27(37)22(34-35-26)11-13-25(36)32-16-19-8-5-9-21(14-19)28(29,30)31/h2-10,12,14-15H,11,13,16-17H2,1H3,(H,32,36)(H,33,35,37). The number of aryl methyl sites for hydroxylation is 1. The van der Waals surface area contributed by atoms with Gasteiger partial charge in [0.1, 0.15) is 12.3 Å². The number of halogens is 3. The van der Waals surface area contributed by atoms with Gasteiger partial charge in [-0.25, -0.2) is 0 Å². The number of rotatable bonds is 10. The molecule has 4 rings (SSSR count). The fraction of sp³-hybridized carbons (Fsp3) is 0.214. The summed E-state index contributed by atoms with van der Waals surface area (Å²) in [5.41, 5.74) is 0.625. The monoisotopic (exact) mass is 538 g/mol. The highest BCUT2D eigenvalue weighted by Crippen LogP contribution is 2.32. The topological polar surface area (TPSA) is 106 Å². The number of nitrogens with zero attached hydrogens (tertiary/aromatic N) is 2. The van der Waals surface area contributed by atoms with Crippen molar-refractivity contribution in [2.24, 2.45) is 0 Å². The van der Waals surface area contributed by atoms with Gasteiger partial charge < -0.3 is 19.8 Å². The molecule has 0 aliphatic heterocycles. The van der Waals surface area contributed by atoms with Crippen LogP contribution in [0.1, 0.15) is 28.8 Å². The third kappa shape index (κ3) is 7.44.